The highest BCUT2D eigenvalue weighted by molar-refractivity contribution is 6.30. The molecule has 1 aromatic carbocycles. The lowest BCUT2D eigenvalue weighted by Gasteiger charge is -2.38. The Morgan fingerprint density at radius 3 is 1.87 bits per heavy atom. The topological polar surface area (TPSA) is 0 Å². The Bertz CT molecular complexity index is 674. The van der Waals surface area contributed by atoms with Gasteiger partial charge in [-0.3, -0.25) is 0 Å². The maximum absolute atomic E-state index is 13.8. The van der Waals surface area contributed by atoms with Gasteiger partial charge in [-0.1, -0.05) is 49.4 Å². The van der Waals surface area contributed by atoms with Crippen LogP contribution in [0.15, 0.2) is 30.9 Å². The molecule has 0 bridgehead atoms. The summed E-state index contributed by atoms with van der Waals surface area (Å²) in [7, 11) is 0. The van der Waals surface area contributed by atoms with E-state index in [1.165, 1.54) is 89.9 Å². The van der Waals surface area contributed by atoms with Crippen LogP contribution in [-0.2, 0) is 0 Å². The van der Waals surface area contributed by atoms with Gasteiger partial charge >= 0.3 is 0 Å². The summed E-state index contributed by atoms with van der Waals surface area (Å²) >= 11 is 5.86. The third kappa shape index (κ3) is 5.70. The highest BCUT2D eigenvalue weighted by atomic mass is 35.5. The minimum absolute atomic E-state index is 0.244. The molecule has 166 valence electrons. The van der Waals surface area contributed by atoms with Gasteiger partial charge in [0.25, 0.3) is 0 Å². The van der Waals surface area contributed by atoms with Crippen molar-refractivity contribution in [1.82, 2.24) is 0 Å². The summed E-state index contributed by atoms with van der Waals surface area (Å²) in [5.41, 5.74) is 1.15. The maximum atomic E-state index is 13.8. The molecule has 0 N–H and O–H groups in total. The molecule has 0 saturated heterocycles. The molecule has 3 aliphatic carbocycles. The number of hydrogen-bond acceptors (Lipinski definition) is 0. The fraction of sp³-hybridized carbons (Fsp3) is 0.714. The van der Waals surface area contributed by atoms with Crippen molar-refractivity contribution in [2.75, 3.05) is 0 Å². The number of rotatable bonds is 6. The predicted octanol–water partition coefficient (Wildman–Crippen LogP) is 9.33. The molecular weight excluding hydrogens is 391 g/mol. The van der Waals surface area contributed by atoms with Gasteiger partial charge in [-0.25, -0.2) is 4.39 Å². The Balaban J connectivity index is 1.15. The van der Waals surface area contributed by atoms with E-state index in [1.54, 1.807) is 12.1 Å². The van der Waals surface area contributed by atoms with Crippen LogP contribution in [0, 0.1) is 35.4 Å². The summed E-state index contributed by atoms with van der Waals surface area (Å²) in [5, 5.41) is 0.244. The van der Waals surface area contributed by atoms with Crippen LogP contribution in [-0.4, -0.2) is 0 Å². The van der Waals surface area contributed by atoms with Crippen molar-refractivity contribution in [1.29, 1.82) is 0 Å². The third-order valence-electron chi connectivity index (χ3n) is 8.95. The fourth-order valence-corrected chi connectivity index (χ4v) is 6.94. The molecule has 0 spiro atoms. The van der Waals surface area contributed by atoms with Crippen LogP contribution in [0.4, 0.5) is 4.39 Å². The minimum atomic E-state index is -0.261. The number of halogens is 2. The first kappa shape index (κ1) is 22.4. The van der Waals surface area contributed by atoms with Crippen molar-refractivity contribution in [3.05, 3.63) is 47.3 Å². The van der Waals surface area contributed by atoms with Crippen LogP contribution in [0.3, 0.4) is 0 Å². The average molecular weight is 431 g/mol. The van der Waals surface area contributed by atoms with Gasteiger partial charge in [0.15, 0.2) is 0 Å². The Labute approximate surface area is 188 Å². The first-order valence-corrected chi connectivity index (χ1v) is 13.1. The average Bonchev–Trinajstić information content (AvgIpc) is 2.80. The summed E-state index contributed by atoms with van der Waals surface area (Å²) in [6, 6.07) is 5.43. The summed E-state index contributed by atoms with van der Waals surface area (Å²) < 4.78 is 13.8. The standard InChI is InChI=1S/C28H40ClF/c1-2-20-3-5-21(6-4-20)7-8-22-9-11-23(12-10-22)24-13-15-25(16-14-24)26-17-18-27(29)28(30)19-26/h2,17-25H,1,3-16H2. The smallest absolute Gasteiger partial charge is 0.142 e. The second-order valence-corrected chi connectivity index (χ2v) is 11.1. The Kier molecular flexibility index (Phi) is 7.96. The number of benzene rings is 1. The molecule has 0 aliphatic heterocycles. The van der Waals surface area contributed by atoms with E-state index in [4.69, 9.17) is 11.6 Å². The third-order valence-corrected chi connectivity index (χ3v) is 9.26. The normalized spacial score (nSPS) is 35.1. The second kappa shape index (κ2) is 10.7. The highest BCUT2D eigenvalue weighted by Gasteiger charge is 2.31. The second-order valence-electron chi connectivity index (χ2n) is 10.7. The lowest BCUT2D eigenvalue weighted by atomic mass is 9.67. The molecule has 0 unspecified atom stereocenters. The molecule has 3 aliphatic rings. The Hall–Kier alpha value is -0.820. The van der Waals surface area contributed by atoms with Gasteiger partial charge in [-0.05, 0) is 117 Å². The molecule has 3 fully saturated rings. The molecule has 0 heterocycles. The zero-order valence-corrected chi connectivity index (χ0v) is 19.4. The quantitative estimate of drug-likeness (QED) is 0.394. The van der Waals surface area contributed by atoms with Crippen LogP contribution in [0.1, 0.15) is 101 Å². The molecule has 0 amide bonds. The molecule has 3 saturated carbocycles. The predicted molar refractivity (Wildman–Crippen MR) is 126 cm³/mol. The van der Waals surface area contributed by atoms with Gasteiger partial charge in [0.05, 0.1) is 5.02 Å². The monoisotopic (exact) mass is 430 g/mol. The molecule has 4 rings (SSSR count). The molecule has 30 heavy (non-hydrogen) atoms. The van der Waals surface area contributed by atoms with Crippen LogP contribution in [0.2, 0.25) is 5.02 Å². The Morgan fingerprint density at radius 1 is 0.800 bits per heavy atom. The number of allylic oxidation sites excluding steroid dienone is 1. The first-order chi connectivity index (χ1) is 14.6. The van der Waals surface area contributed by atoms with E-state index in [0.717, 1.165) is 35.2 Å². The van der Waals surface area contributed by atoms with Gasteiger partial charge in [-0.15, -0.1) is 6.58 Å². The molecule has 0 nitrogen and oxygen atoms in total. The van der Waals surface area contributed by atoms with Crippen molar-refractivity contribution >= 4 is 11.6 Å². The highest BCUT2D eigenvalue weighted by Crippen LogP contribution is 2.45. The van der Waals surface area contributed by atoms with Gasteiger partial charge in [-0.2, -0.15) is 0 Å². The van der Waals surface area contributed by atoms with Crippen LogP contribution in [0.25, 0.3) is 0 Å². The summed E-state index contributed by atoms with van der Waals surface area (Å²) in [4.78, 5) is 0. The van der Waals surface area contributed by atoms with Crippen LogP contribution in [0.5, 0.6) is 0 Å². The van der Waals surface area contributed by atoms with Crippen LogP contribution >= 0.6 is 11.6 Å². The molecule has 2 heteroatoms. The fourth-order valence-electron chi connectivity index (χ4n) is 6.82. The summed E-state index contributed by atoms with van der Waals surface area (Å²) in [6.07, 6.45) is 21.7. The van der Waals surface area contributed by atoms with Gasteiger partial charge in [0.1, 0.15) is 5.82 Å². The zero-order chi connectivity index (χ0) is 20.9. The number of hydrogen-bond donors (Lipinski definition) is 0. The van der Waals surface area contributed by atoms with E-state index in [1.807, 2.05) is 6.07 Å². The van der Waals surface area contributed by atoms with Crippen molar-refractivity contribution in [2.45, 2.75) is 95.8 Å². The van der Waals surface area contributed by atoms with E-state index in [0.29, 0.717) is 5.92 Å². The molecule has 0 atom stereocenters. The minimum Gasteiger partial charge on any atom is -0.205 e. The van der Waals surface area contributed by atoms with E-state index >= 15 is 0 Å². The molecule has 1 aromatic rings. The maximum Gasteiger partial charge on any atom is 0.142 e. The SMILES string of the molecule is C=CC1CCC(CCC2CCC(C3CCC(c4ccc(Cl)c(F)c4)CC3)CC2)CC1. The van der Waals surface area contributed by atoms with E-state index < -0.39 is 0 Å². The zero-order valence-electron chi connectivity index (χ0n) is 18.6. The first-order valence-electron chi connectivity index (χ1n) is 12.7. The van der Waals surface area contributed by atoms with E-state index in [-0.39, 0.29) is 10.8 Å². The van der Waals surface area contributed by atoms with Crippen molar-refractivity contribution in [3.63, 3.8) is 0 Å². The van der Waals surface area contributed by atoms with Crippen molar-refractivity contribution in [2.24, 2.45) is 29.6 Å². The summed E-state index contributed by atoms with van der Waals surface area (Å²) in [6.45, 7) is 3.98. The summed E-state index contributed by atoms with van der Waals surface area (Å²) in [5.74, 6) is 4.91. The van der Waals surface area contributed by atoms with E-state index in [9.17, 15) is 4.39 Å². The molecular formula is C28H40ClF. The molecule has 0 radical (unpaired) electrons. The lowest BCUT2D eigenvalue weighted by molar-refractivity contribution is 0.151. The van der Waals surface area contributed by atoms with Gasteiger partial charge < -0.3 is 0 Å². The lowest BCUT2D eigenvalue weighted by Crippen LogP contribution is -2.25. The van der Waals surface area contributed by atoms with Gasteiger partial charge in [0, 0.05) is 0 Å². The van der Waals surface area contributed by atoms with E-state index in [2.05, 4.69) is 12.7 Å². The van der Waals surface area contributed by atoms with Crippen LogP contribution < -0.4 is 0 Å². The molecule has 0 aromatic heterocycles. The largest absolute Gasteiger partial charge is 0.205 e. The van der Waals surface area contributed by atoms with Gasteiger partial charge in [0.2, 0.25) is 0 Å². The van der Waals surface area contributed by atoms with Crippen molar-refractivity contribution in [3.8, 4) is 0 Å². The Morgan fingerprint density at radius 2 is 1.33 bits per heavy atom. The van der Waals surface area contributed by atoms with Crippen molar-refractivity contribution < 1.29 is 4.39 Å².